The van der Waals surface area contributed by atoms with Crippen LogP contribution in [0.1, 0.15) is 32.6 Å². The maximum absolute atomic E-state index is 13.0. The molecule has 8 heteroatoms. The van der Waals surface area contributed by atoms with Gasteiger partial charge in [-0.25, -0.2) is 4.52 Å². The Balaban J connectivity index is 1.24. The van der Waals surface area contributed by atoms with E-state index >= 15 is 0 Å². The van der Waals surface area contributed by atoms with Crippen LogP contribution in [0.15, 0.2) is 48.8 Å². The number of aliphatic hydroxyl groups excluding tert-OH is 1. The number of benzene rings is 1. The number of amides is 1. The molecule has 1 aromatic carbocycles. The van der Waals surface area contributed by atoms with Crippen molar-refractivity contribution in [1.29, 1.82) is 0 Å². The molecule has 2 aliphatic rings. The van der Waals surface area contributed by atoms with Crippen LogP contribution in [-0.2, 0) is 4.79 Å². The van der Waals surface area contributed by atoms with Gasteiger partial charge in [0, 0.05) is 68.8 Å². The lowest BCUT2D eigenvalue weighted by Crippen LogP contribution is -2.51. The number of aromatic nitrogens is 2. The first kappa shape index (κ1) is 24.6. The highest BCUT2D eigenvalue weighted by Gasteiger charge is 2.31. The summed E-state index contributed by atoms with van der Waals surface area (Å²) < 4.78 is 1.96. The minimum absolute atomic E-state index is 0.0790. The van der Waals surface area contributed by atoms with E-state index in [9.17, 15) is 9.90 Å². The van der Waals surface area contributed by atoms with Gasteiger partial charge >= 0.3 is 0 Å². The highest BCUT2D eigenvalue weighted by molar-refractivity contribution is 5.81. The number of carbonyl (C=O) groups is 1. The quantitative estimate of drug-likeness (QED) is 0.421. The van der Waals surface area contributed by atoms with Gasteiger partial charge in [0.25, 0.3) is 0 Å². The van der Waals surface area contributed by atoms with Gasteiger partial charge in [0.05, 0.1) is 17.3 Å². The number of likely N-dealkylation sites (N-methyl/N-ethyl adjacent to an activating group) is 1. The monoisotopic (exact) mass is 490 g/mol. The summed E-state index contributed by atoms with van der Waals surface area (Å²) in [6.45, 7) is 8.06. The van der Waals surface area contributed by atoms with Crippen molar-refractivity contribution in [3.8, 4) is 11.1 Å². The zero-order chi connectivity index (χ0) is 24.9. The van der Waals surface area contributed by atoms with Gasteiger partial charge in [0.15, 0.2) is 0 Å². The molecule has 5 rings (SSSR count). The molecule has 0 radical (unpaired) electrons. The lowest BCUT2D eigenvalue weighted by molar-refractivity contribution is -0.137. The number of fused-ring (bicyclic) bond motifs is 1. The number of nitrogens with zero attached hydrogens (tertiary/aromatic N) is 4. The SMILES string of the molecule is CCNCCNc1ccc(-c2cc3c(N4CCN(C(=O)C5CCC(O)CC5)CC4)ccnn3c2)cc1. The summed E-state index contributed by atoms with van der Waals surface area (Å²) in [4.78, 5) is 17.4. The lowest BCUT2D eigenvalue weighted by Gasteiger charge is -2.38. The molecule has 0 bridgehead atoms. The molecule has 0 spiro atoms. The smallest absolute Gasteiger partial charge is 0.225 e. The van der Waals surface area contributed by atoms with E-state index in [1.54, 1.807) is 0 Å². The third-order valence-corrected chi connectivity index (χ3v) is 7.56. The second-order valence-corrected chi connectivity index (χ2v) is 9.95. The molecule has 36 heavy (non-hydrogen) atoms. The van der Waals surface area contributed by atoms with E-state index in [0.717, 1.165) is 99.5 Å². The summed E-state index contributed by atoms with van der Waals surface area (Å²) in [5, 5.41) is 21.1. The summed E-state index contributed by atoms with van der Waals surface area (Å²) in [6, 6.07) is 12.8. The summed E-state index contributed by atoms with van der Waals surface area (Å²) >= 11 is 0. The molecule has 1 aliphatic carbocycles. The van der Waals surface area contributed by atoms with Gasteiger partial charge in [-0.3, -0.25) is 4.79 Å². The maximum Gasteiger partial charge on any atom is 0.225 e. The second-order valence-electron chi connectivity index (χ2n) is 9.95. The largest absolute Gasteiger partial charge is 0.393 e. The lowest BCUT2D eigenvalue weighted by atomic mass is 9.86. The van der Waals surface area contributed by atoms with Gasteiger partial charge in [-0.15, -0.1) is 0 Å². The average Bonchev–Trinajstić information content (AvgIpc) is 3.36. The molecule has 0 atom stereocenters. The predicted molar refractivity (Wildman–Crippen MR) is 144 cm³/mol. The van der Waals surface area contributed by atoms with E-state index in [1.165, 1.54) is 0 Å². The minimum atomic E-state index is -0.227. The van der Waals surface area contributed by atoms with Crippen LogP contribution in [0.3, 0.4) is 0 Å². The first-order chi connectivity index (χ1) is 17.6. The van der Waals surface area contributed by atoms with Gasteiger partial charge in [-0.05, 0) is 62.1 Å². The van der Waals surface area contributed by atoms with Crippen LogP contribution < -0.4 is 15.5 Å². The standard InChI is InChI=1S/C28H38N6O2/c1-2-29-13-14-30-24-7-3-21(4-8-24)23-19-27-26(11-12-31-34(27)20-23)32-15-17-33(18-16-32)28(36)22-5-9-25(35)10-6-22/h3-4,7-8,11-12,19-20,22,25,29-30,35H,2,5-6,9-10,13-18H2,1H3. The summed E-state index contributed by atoms with van der Waals surface area (Å²) in [5.74, 6) is 0.348. The topological polar surface area (TPSA) is 85.1 Å². The van der Waals surface area contributed by atoms with Crippen molar-refractivity contribution >= 4 is 22.8 Å². The zero-order valence-electron chi connectivity index (χ0n) is 21.2. The number of rotatable bonds is 8. The molecule has 2 aromatic heterocycles. The third kappa shape index (κ3) is 5.50. The van der Waals surface area contributed by atoms with Crippen LogP contribution >= 0.6 is 0 Å². The van der Waals surface area contributed by atoms with Crippen LogP contribution in [0, 0.1) is 5.92 Å². The van der Waals surface area contributed by atoms with Crippen molar-refractivity contribution in [3.63, 3.8) is 0 Å². The molecule has 0 unspecified atom stereocenters. The Hall–Kier alpha value is -3.10. The molecule has 2 fully saturated rings. The summed E-state index contributed by atoms with van der Waals surface area (Å²) in [5.41, 5.74) is 5.67. The molecule has 1 amide bonds. The molecule has 1 aliphatic heterocycles. The van der Waals surface area contributed by atoms with Gasteiger partial charge in [0.2, 0.25) is 5.91 Å². The van der Waals surface area contributed by atoms with Crippen molar-refractivity contribution in [2.45, 2.75) is 38.7 Å². The van der Waals surface area contributed by atoms with Gasteiger partial charge in [-0.1, -0.05) is 19.1 Å². The van der Waals surface area contributed by atoms with Crippen LogP contribution in [0.5, 0.6) is 0 Å². The Bertz CT molecular complexity index is 1140. The number of anilines is 2. The minimum Gasteiger partial charge on any atom is -0.393 e. The van der Waals surface area contributed by atoms with Crippen molar-refractivity contribution < 1.29 is 9.90 Å². The molecule has 3 heterocycles. The van der Waals surface area contributed by atoms with E-state index in [0.29, 0.717) is 0 Å². The second kappa shape index (κ2) is 11.3. The van der Waals surface area contributed by atoms with E-state index < -0.39 is 0 Å². The van der Waals surface area contributed by atoms with Crippen molar-refractivity contribution in [2.75, 3.05) is 56.0 Å². The highest BCUT2D eigenvalue weighted by Crippen LogP contribution is 2.30. The Morgan fingerprint density at radius 2 is 1.75 bits per heavy atom. The average molecular weight is 491 g/mol. The Morgan fingerprint density at radius 3 is 2.47 bits per heavy atom. The number of hydrogen-bond acceptors (Lipinski definition) is 6. The maximum atomic E-state index is 13.0. The number of piperazine rings is 1. The van der Waals surface area contributed by atoms with Crippen LogP contribution in [0.4, 0.5) is 11.4 Å². The third-order valence-electron chi connectivity index (χ3n) is 7.56. The predicted octanol–water partition coefficient (Wildman–Crippen LogP) is 3.22. The Labute approximate surface area is 213 Å². The van der Waals surface area contributed by atoms with Crippen LogP contribution in [0.2, 0.25) is 0 Å². The van der Waals surface area contributed by atoms with Crippen molar-refractivity contribution in [1.82, 2.24) is 19.8 Å². The molecule has 3 N–H and O–H groups in total. The Kier molecular flexibility index (Phi) is 7.72. The highest BCUT2D eigenvalue weighted by atomic mass is 16.3. The molecular weight excluding hydrogens is 452 g/mol. The normalized spacial score (nSPS) is 20.6. The fraction of sp³-hybridized carbons (Fsp3) is 0.500. The first-order valence-corrected chi connectivity index (χ1v) is 13.4. The Morgan fingerprint density at radius 1 is 1.00 bits per heavy atom. The molecule has 192 valence electrons. The van der Waals surface area contributed by atoms with Gasteiger partial charge in [0.1, 0.15) is 0 Å². The van der Waals surface area contributed by atoms with Gasteiger partial charge < -0.3 is 25.5 Å². The molecular formula is C28H38N6O2. The molecule has 8 nitrogen and oxygen atoms in total. The van der Waals surface area contributed by atoms with E-state index in [2.05, 4.69) is 70.2 Å². The fourth-order valence-corrected chi connectivity index (χ4v) is 5.43. The van der Waals surface area contributed by atoms with E-state index in [4.69, 9.17) is 0 Å². The number of nitrogens with one attached hydrogen (secondary N) is 2. The van der Waals surface area contributed by atoms with Crippen LogP contribution in [-0.4, -0.2) is 77.4 Å². The van der Waals surface area contributed by atoms with Gasteiger partial charge in [-0.2, -0.15) is 5.10 Å². The van der Waals surface area contributed by atoms with E-state index in [1.807, 2.05) is 15.6 Å². The molecule has 3 aromatic rings. The number of carbonyl (C=O) groups excluding carboxylic acids is 1. The summed E-state index contributed by atoms with van der Waals surface area (Å²) in [6.07, 6.45) is 6.83. The molecule has 1 saturated carbocycles. The first-order valence-electron chi connectivity index (χ1n) is 13.4. The number of aliphatic hydroxyl groups is 1. The zero-order valence-corrected chi connectivity index (χ0v) is 21.2. The fourth-order valence-electron chi connectivity index (χ4n) is 5.43. The van der Waals surface area contributed by atoms with Crippen molar-refractivity contribution in [3.05, 3.63) is 48.8 Å². The number of hydrogen-bond donors (Lipinski definition) is 3. The van der Waals surface area contributed by atoms with Crippen LogP contribution in [0.25, 0.3) is 16.6 Å². The van der Waals surface area contributed by atoms with Crippen molar-refractivity contribution in [2.24, 2.45) is 5.92 Å². The summed E-state index contributed by atoms with van der Waals surface area (Å²) in [7, 11) is 0. The van der Waals surface area contributed by atoms with E-state index in [-0.39, 0.29) is 17.9 Å². The molecule has 1 saturated heterocycles.